The summed E-state index contributed by atoms with van der Waals surface area (Å²) in [6, 6.07) is 4.89. The first-order valence-corrected chi connectivity index (χ1v) is 8.56. The minimum absolute atomic E-state index is 0.0899. The summed E-state index contributed by atoms with van der Waals surface area (Å²) in [4.78, 5) is 3.93. The van der Waals surface area contributed by atoms with Gasteiger partial charge in [-0.3, -0.25) is 0 Å². The lowest BCUT2D eigenvalue weighted by molar-refractivity contribution is -0.263. The number of pyridine rings is 1. The molecule has 1 aromatic carbocycles. The number of rotatable bonds is 3. The van der Waals surface area contributed by atoms with Gasteiger partial charge in [-0.2, -0.15) is 26.3 Å². The molecule has 2 aromatic rings. The summed E-state index contributed by atoms with van der Waals surface area (Å²) >= 11 is 0. The summed E-state index contributed by atoms with van der Waals surface area (Å²) in [6.07, 6.45) is -9.67. The van der Waals surface area contributed by atoms with E-state index in [4.69, 9.17) is 10.5 Å². The van der Waals surface area contributed by atoms with Crippen LogP contribution in [0.3, 0.4) is 0 Å². The van der Waals surface area contributed by atoms with E-state index in [1.54, 1.807) is 13.8 Å². The van der Waals surface area contributed by atoms with E-state index in [0.717, 1.165) is 30.3 Å². The molecule has 158 valence electrons. The second-order valence-corrected chi connectivity index (χ2v) is 7.54. The minimum Gasteiger partial charge on any atom is -0.490 e. The summed E-state index contributed by atoms with van der Waals surface area (Å²) in [6.45, 7) is 2.42. The van der Waals surface area contributed by atoms with Gasteiger partial charge in [0.2, 0.25) is 5.60 Å². The van der Waals surface area contributed by atoms with Crippen molar-refractivity contribution in [2.45, 2.75) is 37.2 Å². The fraction of sp³-hybridized carbons (Fsp3) is 0.421. The van der Waals surface area contributed by atoms with E-state index in [-0.39, 0.29) is 23.6 Å². The molecule has 0 aliphatic carbocycles. The number of nitrogens with two attached hydrogens (primary N) is 1. The number of halogens is 6. The Balaban J connectivity index is 2.24. The van der Waals surface area contributed by atoms with Crippen LogP contribution in [0.2, 0.25) is 0 Å². The molecule has 1 unspecified atom stereocenters. The number of hydrogen-bond donors (Lipinski definition) is 2. The number of fused-ring (bicyclic) bond motifs is 1. The van der Waals surface area contributed by atoms with E-state index in [1.807, 2.05) is 0 Å². The van der Waals surface area contributed by atoms with Crippen molar-refractivity contribution in [3.63, 3.8) is 0 Å². The Kier molecular flexibility index (Phi) is 4.86. The summed E-state index contributed by atoms with van der Waals surface area (Å²) < 4.78 is 84.7. The molecule has 0 amide bonds. The second kappa shape index (κ2) is 6.60. The molecule has 0 saturated carbocycles. The van der Waals surface area contributed by atoms with Gasteiger partial charge < -0.3 is 15.6 Å². The number of benzene rings is 1. The van der Waals surface area contributed by atoms with Crippen molar-refractivity contribution in [3.05, 3.63) is 47.2 Å². The Morgan fingerprint density at radius 3 is 2.17 bits per heavy atom. The van der Waals surface area contributed by atoms with E-state index in [2.05, 4.69) is 4.98 Å². The van der Waals surface area contributed by atoms with Gasteiger partial charge in [-0.15, -0.1) is 0 Å². The van der Waals surface area contributed by atoms with Crippen LogP contribution in [0.25, 0.3) is 11.3 Å². The predicted molar refractivity (Wildman–Crippen MR) is 92.2 cm³/mol. The maximum atomic E-state index is 13.5. The van der Waals surface area contributed by atoms with E-state index in [1.165, 1.54) is 0 Å². The van der Waals surface area contributed by atoms with Gasteiger partial charge in [0, 0.05) is 23.1 Å². The van der Waals surface area contributed by atoms with Crippen molar-refractivity contribution < 1.29 is 36.2 Å². The van der Waals surface area contributed by atoms with Gasteiger partial charge in [-0.1, -0.05) is 26.0 Å². The monoisotopic (exact) mass is 420 g/mol. The molecule has 1 aliphatic heterocycles. The highest BCUT2D eigenvalue weighted by Crippen LogP contribution is 2.47. The average molecular weight is 420 g/mol. The third kappa shape index (κ3) is 3.55. The largest absolute Gasteiger partial charge is 0.490 e. The third-order valence-electron chi connectivity index (χ3n) is 4.95. The topological polar surface area (TPSA) is 68.4 Å². The lowest BCUT2D eigenvalue weighted by atomic mass is 9.84. The Bertz CT molecular complexity index is 922. The van der Waals surface area contributed by atoms with Crippen molar-refractivity contribution in [2.24, 2.45) is 5.73 Å². The van der Waals surface area contributed by atoms with Crippen LogP contribution in [0.15, 0.2) is 30.3 Å². The molecule has 3 N–H and O–H groups in total. The summed E-state index contributed by atoms with van der Waals surface area (Å²) in [5.41, 5.74) is -0.150. The molecular weight excluding hydrogens is 402 g/mol. The van der Waals surface area contributed by atoms with Gasteiger partial charge in [0.15, 0.2) is 0 Å². The Labute approximate surface area is 162 Å². The Morgan fingerprint density at radius 2 is 1.69 bits per heavy atom. The van der Waals surface area contributed by atoms with E-state index >= 15 is 0 Å². The quantitative estimate of drug-likeness (QED) is 0.733. The first-order chi connectivity index (χ1) is 13.2. The zero-order chi connectivity index (χ0) is 21.8. The lowest BCUT2D eigenvalue weighted by Crippen LogP contribution is -2.49. The average Bonchev–Trinajstić information content (AvgIpc) is 2.94. The summed E-state index contributed by atoms with van der Waals surface area (Å²) in [5.74, 6) is 0.167. The highest BCUT2D eigenvalue weighted by molar-refractivity contribution is 5.71. The molecule has 1 aliphatic rings. The molecule has 29 heavy (non-hydrogen) atoms. The van der Waals surface area contributed by atoms with Gasteiger partial charge in [-0.25, -0.2) is 4.98 Å². The number of hydrogen-bond acceptors (Lipinski definition) is 4. The molecule has 0 radical (unpaired) electrons. The van der Waals surface area contributed by atoms with Crippen molar-refractivity contribution >= 4 is 0 Å². The normalized spacial score (nSPS) is 18.1. The number of aromatic nitrogens is 1. The zero-order valence-electron chi connectivity index (χ0n) is 15.4. The standard InChI is InChI=1S/C19H18F6N2O2/c1-16(2)9-29-15-12(16)7-13(17(28,8-26)19(23,24)25)27-14(15)10-3-5-11(6-4-10)18(20,21)22/h3-7,28H,8-9,26H2,1-2H3. The molecule has 10 heteroatoms. The Morgan fingerprint density at radius 1 is 1.10 bits per heavy atom. The van der Waals surface area contributed by atoms with Crippen molar-refractivity contribution in [2.75, 3.05) is 13.2 Å². The maximum Gasteiger partial charge on any atom is 0.424 e. The van der Waals surface area contributed by atoms with Crippen LogP contribution >= 0.6 is 0 Å². The van der Waals surface area contributed by atoms with Crippen LogP contribution in [0, 0.1) is 0 Å². The van der Waals surface area contributed by atoms with Crippen LogP contribution in [0.5, 0.6) is 5.75 Å². The molecule has 1 aromatic heterocycles. The highest BCUT2D eigenvalue weighted by atomic mass is 19.4. The van der Waals surface area contributed by atoms with Crippen LogP contribution in [-0.2, 0) is 17.2 Å². The fourth-order valence-corrected chi connectivity index (χ4v) is 3.10. The molecule has 1 atom stereocenters. The number of nitrogens with zero attached hydrogens (tertiary/aromatic N) is 1. The van der Waals surface area contributed by atoms with Crippen LogP contribution < -0.4 is 10.5 Å². The third-order valence-corrected chi connectivity index (χ3v) is 4.95. The van der Waals surface area contributed by atoms with Crippen LogP contribution in [-0.4, -0.2) is 29.4 Å². The highest BCUT2D eigenvalue weighted by Gasteiger charge is 2.56. The van der Waals surface area contributed by atoms with Gasteiger partial charge in [0.1, 0.15) is 11.4 Å². The number of ether oxygens (including phenoxy) is 1. The molecule has 0 saturated heterocycles. The van der Waals surface area contributed by atoms with Gasteiger partial charge in [0.25, 0.3) is 0 Å². The molecule has 2 heterocycles. The number of alkyl halides is 6. The molecule has 4 nitrogen and oxygen atoms in total. The fourth-order valence-electron chi connectivity index (χ4n) is 3.10. The molecule has 0 fully saturated rings. The van der Waals surface area contributed by atoms with Gasteiger partial charge in [-0.05, 0) is 18.2 Å². The van der Waals surface area contributed by atoms with Crippen molar-refractivity contribution in [1.82, 2.24) is 4.98 Å². The number of aliphatic hydroxyl groups is 1. The summed E-state index contributed by atoms with van der Waals surface area (Å²) in [7, 11) is 0. The van der Waals surface area contributed by atoms with Crippen molar-refractivity contribution in [1.29, 1.82) is 0 Å². The zero-order valence-corrected chi connectivity index (χ0v) is 15.4. The van der Waals surface area contributed by atoms with Gasteiger partial charge in [0.05, 0.1) is 17.9 Å². The van der Waals surface area contributed by atoms with E-state index in [9.17, 15) is 31.4 Å². The molecular formula is C19H18F6N2O2. The maximum absolute atomic E-state index is 13.5. The first kappa shape index (κ1) is 21.4. The Hall–Kier alpha value is -2.33. The van der Waals surface area contributed by atoms with E-state index < -0.39 is 41.2 Å². The van der Waals surface area contributed by atoms with E-state index in [0.29, 0.717) is 5.56 Å². The molecule has 3 rings (SSSR count). The molecule has 0 bridgehead atoms. The smallest absolute Gasteiger partial charge is 0.424 e. The van der Waals surface area contributed by atoms with Crippen LogP contribution in [0.4, 0.5) is 26.3 Å². The lowest BCUT2D eigenvalue weighted by Gasteiger charge is -2.30. The predicted octanol–water partition coefficient (Wildman–Crippen LogP) is 4.15. The van der Waals surface area contributed by atoms with Gasteiger partial charge >= 0.3 is 12.4 Å². The SMILES string of the molecule is CC1(C)COc2c1cc(C(O)(CN)C(F)(F)F)nc2-c1ccc(C(F)(F)F)cc1. The summed E-state index contributed by atoms with van der Waals surface area (Å²) in [5, 5.41) is 10.2. The van der Waals surface area contributed by atoms with Crippen LogP contribution in [0.1, 0.15) is 30.7 Å². The van der Waals surface area contributed by atoms with Crippen molar-refractivity contribution in [3.8, 4) is 17.0 Å². The molecule has 0 spiro atoms. The second-order valence-electron chi connectivity index (χ2n) is 7.54. The first-order valence-electron chi connectivity index (χ1n) is 8.56. The minimum atomic E-state index is -5.11.